The normalized spacial score (nSPS) is 10.0. The van der Waals surface area contributed by atoms with Gasteiger partial charge in [-0.05, 0) is 30.8 Å². The lowest BCUT2D eigenvalue weighted by Crippen LogP contribution is -2.29. The molecule has 0 aliphatic heterocycles. The Labute approximate surface area is 76.8 Å². The van der Waals surface area contributed by atoms with E-state index < -0.39 is 7.12 Å². The van der Waals surface area contributed by atoms with Gasteiger partial charge in [0.1, 0.15) is 0 Å². The Balaban J connectivity index is 3.06. The zero-order chi connectivity index (χ0) is 9.14. The second-order valence-corrected chi connectivity index (χ2v) is 3.54. The minimum Gasteiger partial charge on any atom is -0.423 e. The third-order valence-electron chi connectivity index (χ3n) is 1.61. The molecular weight excluding hydrogens is 171 g/mol. The highest BCUT2D eigenvalue weighted by atomic mass is 32.2. The fraction of sp³-hybridized carbons (Fsp3) is 0.250. The van der Waals surface area contributed by atoms with Gasteiger partial charge in [0.2, 0.25) is 0 Å². The van der Waals surface area contributed by atoms with Crippen LogP contribution in [0, 0.1) is 6.92 Å². The third kappa shape index (κ3) is 2.27. The Hall–Kier alpha value is -0.445. The summed E-state index contributed by atoms with van der Waals surface area (Å²) in [6.07, 6.45) is 1.96. The molecule has 64 valence electrons. The van der Waals surface area contributed by atoms with E-state index in [1.165, 1.54) is 0 Å². The van der Waals surface area contributed by atoms with Crippen molar-refractivity contribution in [2.75, 3.05) is 6.26 Å². The van der Waals surface area contributed by atoms with Crippen LogP contribution in [0.5, 0.6) is 0 Å². The van der Waals surface area contributed by atoms with Crippen molar-refractivity contribution in [3.63, 3.8) is 0 Å². The van der Waals surface area contributed by atoms with Gasteiger partial charge in [0.05, 0.1) is 0 Å². The largest absolute Gasteiger partial charge is 0.488 e. The monoisotopic (exact) mass is 182 g/mol. The van der Waals surface area contributed by atoms with Crippen molar-refractivity contribution >= 4 is 24.3 Å². The van der Waals surface area contributed by atoms with E-state index in [0.29, 0.717) is 5.46 Å². The molecular formula is C8H11BO2S. The smallest absolute Gasteiger partial charge is 0.423 e. The zero-order valence-corrected chi connectivity index (χ0v) is 7.93. The lowest BCUT2D eigenvalue weighted by molar-refractivity contribution is 0.425. The third-order valence-corrected chi connectivity index (χ3v) is 2.31. The molecule has 0 aliphatic carbocycles. The first-order valence-corrected chi connectivity index (χ1v) is 4.87. The van der Waals surface area contributed by atoms with Gasteiger partial charge in [-0.15, -0.1) is 11.8 Å². The van der Waals surface area contributed by atoms with Crippen LogP contribution in [0.15, 0.2) is 23.1 Å². The highest BCUT2D eigenvalue weighted by Gasteiger charge is 2.11. The summed E-state index contributed by atoms with van der Waals surface area (Å²) in [7, 11) is -1.37. The predicted molar refractivity (Wildman–Crippen MR) is 52.8 cm³/mol. The molecule has 0 radical (unpaired) electrons. The van der Waals surface area contributed by atoms with Crippen molar-refractivity contribution in [3.8, 4) is 0 Å². The quantitative estimate of drug-likeness (QED) is 0.513. The second-order valence-electron chi connectivity index (χ2n) is 2.66. The van der Waals surface area contributed by atoms with Crippen LogP contribution in [0.3, 0.4) is 0 Å². The van der Waals surface area contributed by atoms with Gasteiger partial charge in [-0.25, -0.2) is 0 Å². The molecule has 1 rings (SSSR count). The fourth-order valence-corrected chi connectivity index (χ4v) is 1.60. The maximum atomic E-state index is 8.91. The molecule has 0 spiro atoms. The highest BCUT2D eigenvalue weighted by molar-refractivity contribution is 7.98. The second kappa shape index (κ2) is 3.98. The van der Waals surface area contributed by atoms with E-state index in [1.807, 2.05) is 19.2 Å². The van der Waals surface area contributed by atoms with Crippen LogP contribution >= 0.6 is 11.8 Å². The summed E-state index contributed by atoms with van der Waals surface area (Å²) in [6, 6.07) is 5.56. The maximum absolute atomic E-state index is 8.91. The van der Waals surface area contributed by atoms with Gasteiger partial charge in [-0.1, -0.05) is 11.6 Å². The number of hydrogen-bond donors (Lipinski definition) is 2. The molecule has 1 aromatic carbocycles. The van der Waals surface area contributed by atoms with Gasteiger partial charge in [0.25, 0.3) is 0 Å². The van der Waals surface area contributed by atoms with E-state index in [0.717, 1.165) is 10.5 Å². The van der Waals surface area contributed by atoms with Crippen LogP contribution in [0.1, 0.15) is 5.56 Å². The van der Waals surface area contributed by atoms with Crippen molar-refractivity contribution in [3.05, 3.63) is 23.8 Å². The summed E-state index contributed by atoms with van der Waals surface area (Å²) < 4.78 is 0. The van der Waals surface area contributed by atoms with Crippen molar-refractivity contribution in [1.82, 2.24) is 0 Å². The molecule has 0 atom stereocenters. The summed E-state index contributed by atoms with van der Waals surface area (Å²) in [5.41, 5.74) is 1.60. The number of thioether (sulfide) groups is 1. The van der Waals surface area contributed by atoms with Crippen LogP contribution in [-0.4, -0.2) is 23.4 Å². The highest BCUT2D eigenvalue weighted by Crippen LogP contribution is 2.14. The Morgan fingerprint density at radius 3 is 2.42 bits per heavy atom. The van der Waals surface area contributed by atoms with Gasteiger partial charge in [-0.2, -0.15) is 0 Å². The van der Waals surface area contributed by atoms with Crippen LogP contribution in [0.25, 0.3) is 0 Å². The molecule has 0 saturated carbocycles. The topological polar surface area (TPSA) is 40.5 Å². The van der Waals surface area contributed by atoms with E-state index in [4.69, 9.17) is 10.0 Å². The van der Waals surface area contributed by atoms with Crippen LogP contribution in [0.4, 0.5) is 0 Å². The molecule has 2 nitrogen and oxygen atoms in total. The SMILES string of the molecule is CSc1cc(C)cc(B(O)O)c1. The van der Waals surface area contributed by atoms with Gasteiger partial charge in [0, 0.05) is 4.90 Å². The molecule has 0 unspecified atom stereocenters. The van der Waals surface area contributed by atoms with Gasteiger partial charge in [-0.3, -0.25) is 0 Å². The molecule has 1 aromatic rings. The van der Waals surface area contributed by atoms with E-state index in [1.54, 1.807) is 23.9 Å². The van der Waals surface area contributed by atoms with Gasteiger partial charge in [0.15, 0.2) is 0 Å². The van der Waals surface area contributed by atoms with Gasteiger partial charge < -0.3 is 10.0 Å². The van der Waals surface area contributed by atoms with Crippen molar-refractivity contribution in [1.29, 1.82) is 0 Å². The van der Waals surface area contributed by atoms with Crippen molar-refractivity contribution < 1.29 is 10.0 Å². The van der Waals surface area contributed by atoms with Crippen molar-refractivity contribution in [2.24, 2.45) is 0 Å². The molecule has 2 N–H and O–H groups in total. The molecule has 0 fully saturated rings. The summed E-state index contributed by atoms with van der Waals surface area (Å²) in [5, 5.41) is 17.8. The maximum Gasteiger partial charge on any atom is 0.488 e. The molecule has 12 heavy (non-hydrogen) atoms. The average Bonchev–Trinajstić information content (AvgIpc) is 2.03. The first-order valence-electron chi connectivity index (χ1n) is 3.65. The van der Waals surface area contributed by atoms with Gasteiger partial charge >= 0.3 is 7.12 Å². The summed E-state index contributed by atoms with van der Waals surface area (Å²) >= 11 is 1.59. The fourth-order valence-electron chi connectivity index (χ4n) is 1.04. The Kier molecular flexibility index (Phi) is 3.20. The van der Waals surface area contributed by atoms with Crippen LogP contribution in [0.2, 0.25) is 0 Å². The Bertz CT molecular complexity index is 276. The summed E-state index contributed by atoms with van der Waals surface area (Å²) in [5.74, 6) is 0. The zero-order valence-electron chi connectivity index (χ0n) is 7.11. The Morgan fingerprint density at radius 2 is 1.92 bits per heavy atom. The van der Waals surface area contributed by atoms with Crippen LogP contribution < -0.4 is 5.46 Å². The first kappa shape index (κ1) is 9.64. The summed E-state index contributed by atoms with van der Waals surface area (Å²) in [4.78, 5) is 1.05. The van der Waals surface area contributed by atoms with Crippen LogP contribution in [-0.2, 0) is 0 Å². The minimum atomic E-state index is -1.37. The predicted octanol–water partition coefficient (Wildman–Crippen LogP) is 0.397. The van der Waals surface area contributed by atoms with E-state index in [9.17, 15) is 0 Å². The average molecular weight is 182 g/mol. The summed E-state index contributed by atoms with van der Waals surface area (Å²) in [6.45, 7) is 1.94. The Morgan fingerprint density at radius 1 is 1.25 bits per heavy atom. The standard InChI is InChI=1S/C8H11BO2S/c1-6-3-7(9(10)11)5-8(4-6)12-2/h3-5,10-11H,1-2H3. The number of aryl methyl sites for hydroxylation is 1. The molecule has 0 saturated heterocycles. The van der Waals surface area contributed by atoms with E-state index in [2.05, 4.69) is 0 Å². The van der Waals surface area contributed by atoms with E-state index >= 15 is 0 Å². The number of rotatable bonds is 2. The first-order chi connectivity index (χ1) is 5.63. The molecule has 0 heterocycles. The lowest BCUT2D eigenvalue weighted by Gasteiger charge is -2.03. The minimum absolute atomic E-state index is 0.555. The number of hydrogen-bond acceptors (Lipinski definition) is 3. The molecule has 0 aliphatic rings. The molecule has 0 bridgehead atoms. The molecule has 0 aromatic heterocycles. The number of benzene rings is 1. The van der Waals surface area contributed by atoms with E-state index in [-0.39, 0.29) is 0 Å². The molecule has 0 amide bonds. The van der Waals surface area contributed by atoms with Crippen molar-refractivity contribution in [2.45, 2.75) is 11.8 Å². The lowest BCUT2D eigenvalue weighted by atomic mass is 9.80. The molecule has 4 heteroatoms.